The highest BCUT2D eigenvalue weighted by Crippen LogP contribution is 2.41. The number of nitrogens with zero attached hydrogens (tertiary/aromatic N) is 1. The Morgan fingerprint density at radius 1 is 0.929 bits per heavy atom. The maximum Gasteiger partial charge on any atom is 0.223 e. The van der Waals surface area contributed by atoms with Gasteiger partial charge in [0, 0.05) is 19.4 Å². The zero-order valence-corrected chi connectivity index (χ0v) is 15.6. The van der Waals surface area contributed by atoms with Crippen molar-refractivity contribution in [1.29, 1.82) is 0 Å². The maximum atomic E-state index is 14.4. The van der Waals surface area contributed by atoms with Crippen molar-refractivity contribution in [3.8, 4) is 11.1 Å². The van der Waals surface area contributed by atoms with Crippen molar-refractivity contribution >= 4 is 5.91 Å². The largest absolute Gasteiger partial charge is 0.386 e. The van der Waals surface area contributed by atoms with Gasteiger partial charge in [0.05, 0.1) is 12.1 Å². The predicted octanol–water partition coefficient (Wildman–Crippen LogP) is 4.54. The van der Waals surface area contributed by atoms with Crippen LogP contribution >= 0.6 is 0 Å². The molecule has 3 atom stereocenters. The van der Waals surface area contributed by atoms with E-state index in [-0.39, 0.29) is 24.1 Å². The van der Waals surface area contributed by atoms with Crippen molar-refractivity contribution in [2.75, 3.05) is 7.05 Å². The molecule has 3 aromatic carbocycles. The molecule has 3 nitrogen and oxygen atoms in total. The molecular weight excluding hydrogens is 353 g/mol. The van der Waals surface area contributed by atoms with E-state index >= 15 is 0 Å². The van der Waals surface area contributed by atoms with E-state index < -0.39 is 12.1 Å². The first-order valence-corrected chi connectivity index (χ1v) is 9.40. The normalized spacial score (nSPS) is 20.4. The fourth-order valence-electron chi connectivity index (χ4n) is 4.09. The summed E-state index contributed by atoms with van der Waals surface area (Å²) in [6.45, 7) is 0. The Hall–Kier alpha value is -2.98. The van der Waals surface area contributed by atoms with Crippen LogP contribution in [0.25, 0.3) is 11.1 Å². The van der Waals surface area contributed by atoms with Gasteiger partial charge in [-0.3, -0.25) is 4.79 Å². The molecule has 1 amide bonds. The van der Waals surface area contributed by atoms with Crippen LogP contribution in [0.3, 0.4) is 0 Å². The minimum Gasteiger partial charge on any atom is -0.386 e. The number of likely N-dealkylation sites (tertiary alicyclic amines) is 1. The van der Waals surface area contributed by atoms with Gasteiger partial charge < -0.3 is 10.0 Å². The van der Waals surface area contributed by atoms with Gasteiger partial charge in [-0.2, -0.15) is 0 Å². The number of aliphatic hydroxyl groups is 1. The highest BCUT2D eigenvalue weighted by Gasteiger charge is 2.43. The van der Waals surface area contributed by atoms with Crippen LogP contribution in [0, 0.1) is 5.82 Å². The van der Waals surface area contributed by atoms with Gasteiger partial charge in [-0.05, 0) is 28.3 Å². The summed E-state index contributed by atoms with van der Waals surface area (Å²) in [5.74, 6) is -0.812. The number of hydrogen-bond donors (Lipinski definition) is 1. The first-order chi connectivity index (χ1) is 13.6. The molecule has 0 aliphatic carbocycles. The second kappa shape index (κ2) is 7.56. The molecule has 1 aliphatic rings. The van der Waals surface area contributed by atoms with Crippen molar-refractivity contribution in [1.82, 2.24) is 4.90 Å². The van der Waals surface area contributed by atoms with Crippen molar-refractivity contribution in [3.63, 3.8) is 0 Å². The topological polar surface area (TPSA) is 40.5 Å². The number of carbonyl (C=O) groups excluding carboxylic acids is 1. The van der Waals surface area contributed by atoms with Gasteiger partial charge in [-0.1, -0.05) is 72.8 Å². The maximum absolute atomic E-state index is 14.4. The summed E-state index contributed by atoms with van der Waals surface area (Å²) >= 11 is 0. The van der Waals surface area contributed by atoms with Crippen molar-refractivity contribution in [2.45, 2.75) is 24.5 Å². The summed E-state index contributed by atoms with van der Waals surface area (Å²) in [6.07, 6.45) is -0.702. The van der Waals surface area contributed by atoms with Crippen LogP contribution in [0.5, 0.6) is 0 Å². The molecule has 1 aliphatic heterocycles. The molecule has 4 rings (SSSR count). The summed E-state index contributed by atoms with van der Waals surface area (Å²) < 4.78 is 14.4. The van der Waals surface area contributed by atoms with E-state index in [1.54, 1.807) is 30.1 Å². The third kappa shape index (κ3) is 3.32. The van der Waals surface area contributed by atoms with Crippen LogP contribution in [0.15, 0.2) is 78.9 Å². The average molecular weight is 375 g/mol. The minimum atomic E-state index is -0.897. The predicted molar refractivity (Wildman–Crippen MR) is 107 cm³/mol. The lowest BCUT2D eigenvalue weighted by molar-refractivity contribution is -0.128. The SMILES string of the molecule is CN1C(=O)C[C@@H](c2ccccc2F)[C@@H]1[C@@H](O)c1ccc(-c2ccccc2)cc1. The number of amides is 1. The third-order valence-corrected chi connectivity index (χ3v) is 5.63. The lowest BCUT2D eigenvalue weighted by Gasteiger charge is -2.30. The lowest BCUT2D eigenvalue weighted by atomic mass is 9.85. The van der Waals surface area contributed by atoms with Gasteiger partial charge in [0.15, 0.2) is 0 Å². The molecule has 3 aromatic rings. The Balaban J connectivity index is 1.64. The van der Waals surface area contributed by atoms with E-state index in [4.69, 9.17) is 0 Å². The number of aliphatic hydroxyl groups excluding tert-OH is 1. The summed E-state index contributed by atoms with van der Waals surface area (Å²) in [6, 6.07) is 23.7. The van der Waals surface area contributed by atoms with Crippen LogP contribution in [0.4, 0.5) is 4.39 Å². The quantitative estimate of drug-likeness (QED) is 0.727. The smallest absolute Gasteiger partial charge is 0.223 e. The van der Waals surface area contributed by atoms with Gasteiger partial charge in [0.2, 0.25) is 5.91 Å². The van der Waals surface area contributed by atoms with Gasteiger partial charge in [0.25, 0.3) is 0 Å². The Kier molecular flexibility index (Phi) is 4.97. The van der Waals surface area contributed by atoms with E-state index in [0.29, 0.717) is 11.1 Å². The first kappa shape index (κ1) is 18.4. The van der Waals surface area contributed by atoms with E-state index in [0.717, 1.165) is 11.1 Å². The molecule has 0 radical (unpaired) electrons. The van der Waals surface area contributed by atoms with Gasteiger partial charge >= 0.3 is 0 Å². The number of benzene rings is 3. The minimum absolute atomic E-state index is 0.0850. The average Bonchev–Trinajstić information content (AvgIpc) is 3.03. The molecule has 0 bridgehead atoms. The monoisotopic (exact) mass is 375 g/mol. The van der Waals surface area contributed by atoms with Crippen molar-refractivity contribution < 1.29 is 14.3 Å². The summed E-state index contributed by atoms with van der Waals surface area (Å²) in [5, 5.41) is 11.1. The van der Waals surface area contributed by atoms with Crippen LogP contribution in [0.2, 0.25) is 0 Å². The molecule has 142 valence electrons. The Morgan fingerprint density at radius 3 is 2.21 bits per heavy atom. The second-order valence-electron chi connectivity index (χ2n) is 7.26. The van der Waals surface area contributed by atoms with Crippen LogP contribution in [-0.2, 0) is 4.79 Å². The number of halogens is 1. The molecule has 0 aromatic heterocycles. The molecule has 1 heterocycles. The number of carbonyl (C=O) groups is 1. The second-order valence-corrected chi connectivity index (χ2v) is 7.26. The standard InChI is InChI=1S/C24H22FNO2/c1-26-22(27)15-20(19-9-5-6-10-21(19)25)23(26)24(28)18-13-11-17(12-14-18)16-7-3-2-4-8-16/h2-14,20,23-24,28H,15H2,1H3/t20-,23+,24-/m0/s1. The molecule has 1 fully saturated rings. The molecule has 0 saturated carbocycles. The Morgan fingerprint density at radius 2 is 1.54 bits per heavy atom. The third-order valence-electron chi connectivity index (χ3n) is 5.63. The number of rotatable bonds is 4. The lowest BCUT2D eigenvalue weighted by Crippen LogP contribution is -2.36. The molecule has 0 spiro atoms. The van der Waals surface area contributed by atoms with Crippen LogP contribution < -0.4 is 0 Å². The van der Waals surface area contributed by atoms with Crippen LogP contribution in [0.1, 0.15) is 29.6 Å². The first-order valence-electron chi connectivity index (χ1n) is 9.40. The zero-order chi connectivity index (χ0) is 19.7. The molecule has 4 heteroatoms. The van der Waals surface area contributed by atoms with E-state index in [1.807, 2.05) is 54.6 Å². The van der Waals surface area contributed by atoms with Gasteiger partial charge in [0.1, 0.15) is 5.82 Å². The number of likely N-dealkylation sites (N-methyl/N-ethyl adjacent to an activating group) is 1. The van der Waals surface area contributed by atoms with E-state index in [1.165, 1.54) is 6.07 Å². The number of hydrogen-bond acceptors (Lipinski definition) is 2. The van der Waals surface area contributed by atoms with Crippen molar-refractivity contribution in [3.05, 3.63) is 95.8 Å². The fraction of sp³-hybridized carbons (Fsp3) is 0.208. The Bertz CT molecular complexity index is 971. The molecular formula is C24H22FNO2. The highest BCUT2D eigenvalue weighted by atomic mass is 19.1. The van der Waals surface area contributed by atoms with Crippen molar-refractivity contribution in [2.24, 2.45) is 0 Å². The molecule has 1 saturated heterocycles. The fourth-order valence-corrected chi connectivity index (χ4v) is 4.09. The van der Waals surface area contributed by atoms with Gasteiger partial charge in [-0.15, -0.1) is 0 Å². The summed E-state index contributed by atoms with van der Waals surface area (Å²) in [4.78, 5) is 13.9. The van der Waals surface area contributed by atoms with E-state index in [2.05, 4.69) is 0 Å². The van der Waals surface area contributed by atoms with Gasteiger partial charge in [-0.25, -0.2) is 4.39 Å². The van der Waals surface area contributed by atoms with E-state index in [9.17, 15) is 14.3 Å². The summed E-state index contributed by atoms with van der Waals surface area (Å²) in [7, 11) is 1.68. The molecule has 1 N–H and O–H groups in total. The van der Waals surface area contributed by atoms with Crippen LogP contribution in [-0.4, -0.2) is 29.0 Å². The Labute approximate surface area is 164 Å². The highest BCUT2D eigenvalue weighted by molar-refractivity contribution is 5.80. The zero-order valence-electron chi connectivity index (χ0n) is 15.6. The molecule has 28 heavy (non-hydrogen) atoms. The summed E-state index contributed by atoms with van der Waals surface area (Å²) in [5.41, 5.74) is 3.34. The molecule has 0 unspecified atom stereocenters.